The third kappa shape index (κ3) is 7.08. The minimum absolute atomic E-state index is 0.139. The fourth-order valence-corrected chi connectivity index (χ4v) is 4.83. The van der Waals surface area contributed by atoms with Crippen LogP contribution in [0.1, 0.15) is 29.2 Å². The van der Waals surface area contributed by atoms with E-state index in [1.54, 1.807) is 23.1 Å². The van der Waals surface area contributed by atoms with E-state index in [0.29, 0.717) is 27.4 Å². The first-order chi connectivity index (χ1) is 18.3. The Morgan fingerprint density at radius 1 is 1.05 bits per heavy atom. The SMILES string of the molecule is C/C(=N\NC(=O)COc1ccc(/C=C2/SC(=S)N(CNc3ccccc3C)C2=O)cc1)c1ccc(C)cc1. The number of nitrogens with zero attached hydrogens (tertiary/aromatic N) is 2. The maximum absolute atomic E-state index is 12.9. The van der Waals surface area contributed by atoms with Crippen LogP contribution in [0.2, 0.25) is 0 Å². The van der Waals surface area contributed by atoms with Gasteiger partial charge in [-0.2, -0.15) is 5.10 Å². The Labute approximate surface area is 232 Å². The Kier molecular flexibility index (Phi) is 8.93. The highest BCUT2D eigenvalue weighted by Crippen LogP contribution is 2.32. The second-order valence-corrected chi connectivity index (χ2v) is 10.4. The number of thioether (sulfide) groups is 1. The van der Waals surface area contributed by atoms with Crippen LogP contribution in [0.15, 0.2) is 82.8 Å². The number of aryl methyl sites for hydroxylation is 2. The molecule has 1 fully saturated rings. The van der Waals surface area contributed by atoms with Gasteiger partial charge in [0.1, 0.15) is 10.1 Å². The molecule has 2 N–H and O–H groups in total. The van der Waals surface area contributed by atoms with Crippen LogP contribution in [0.3, 0.4) is 0 Å². The van der Waals surface area contributed by atoms with E-state index < -0.39 is 0 Å². The molecule has 1 heterocycles. The number of hydrazone groups is 1. The fraction of sp³-hybridized carbons (Fsp3) is 0.172. The van der Waals surface area contributed by atoms with Crippen molar-refractivity contribution in [2.45, 2.75) is 20.8 Å². The van der Waals surface area contributed by atoms with Crippen molar-refractivity contribution >= 4 is 57.6 Å². The molecule has 4 rings (SSSR count). The van der Waals surface area contributed by atoms with E-state index >= 15 is 0 Å². The first-order valence-corrected chi connectivity index (χ1v) is 13.2. The minimum atomic E-state index is -0.358. The predicted octanol–water partition coefficient (Wildman–Crippen LogP) is 5.49. The van der Waals surface area contributed by atoms with Gasteiger partial charge in [-0.05, 0) is 61.7 Å². The first kappa shape index (κ1) is 27.1. The second-order valence-electron chi connectivity index (χ2n) is 8.72. The molecular weight excluding hydrogens is 516 g/mol. The minimum Gasteiger partial charge on any atom is -0.484 e. The van der Waals surface area contributed by atoms with Crippen molar-refractivity contribution in [3.8, 4) is 5.75 Å². The number of para-hydroxylation sites is 1. The second kappa shape index (κ2) is 12.5. The summed E-state index contributed by atoms with van der Waals surface area (Å²) in [6.07, 6.45) is 1.80. The summed E-state index contributed by atoms with van der Waals surface area (Å²) in [5.74, 6) is 0.0367. The molecule has 0 bridgehead atoms. The zero-order chi connectivity index (χ0) is 27.1. The molecule has 1 aliphatic heterocycles. The van der Waals surface area contributed by atoms with Crippen molar-refractivity contribution in [3.05, 3.63) is 100.0 Å². The van der Waals surface area contributed by atoms with E-state index in [2.05, 4.69) is 15.8 Å². The van der Waals surface area contributed by atoms with Crippen LogP contribution in [0.4, 0.5) is 5.69 Å². The number of anilines is 1. The monoisotopic (exact) mass is 544 g/mol. The molecule has 7 nitrogen and oxygen atoms in total. The van der Waals surface area contributed by atoms with Crippen LogP contribution in [0, 0.1) is 13.8 Å². The van der Waals surface area contributed by atoms with Gasteiger partial charge in [-0.25, -0.2) is 5.43 Å². The van der Waals surface area contributed by atoms with E-state index in [0.717, 1.165) is 27.9 Å². The number of hydrogen-bond acceptors (Lipinski definition) is 7. The highest BCUT2D eigenvalue weighted by Gasteiger charge is 2.31. The summed E-state index contributed by atoms with van der Waals surface area (Å²) in [5, 5.41) is 7.41. The van der Waals surface area contributed by atoms with Crippen molar-refractivity contribution < 1.29 is 14.3 Å². The Bertz CT molecular complexity index is 1400. The first-order valence-electron chi connectivity index (χ1n) is 12.0. The lowest BCUT2D eigenvalue weighted by atomic mass is 10.1. The molecule has 9 heteroatoms. The molecule has 0 spiro atoms. The van der Waals surface area contributed by atoms with E-state index in [4.69, 9.17) is 17.0 Å². The van der Waals surface area contributed by atoms with Crippen molar-refractivity contribution in [1.29, 1.82) is 0 Å². The van der Waals surface area contributed by atoms with Gasteiger partial charge < -0.3 is 10.1 Å². The van der Waals surface area contributed by atoms with E-state index in [-0.39, 0.29) is 18.4 Å². The molecular formula is C29H28N4O3S2. The Morgan fingerprint density at radius 2 is 1.76 bits per heavy atom. The molecule has 0 radical (unpaired) electrons. The Hall–Kier alpha value is -3.95. The molecule has 0 aromatic heterocycles. The summed E-state index contributed by atoms with van der Waals surface area (Å²) < 4.78 is 6.08. The summed E-state index contributed by atoms with van der Waals surface area (Å²) in [6, 6.07) is 22.9. The average molecular weight is 545 g/mol. The predicted molar refractivity (Wildman–Crippen MR) is 158 cm³/mol. The molecule has 0 saturated carbocycles. The topological polar surface area (TPSA) is 83.0 Å². The van der Waals surface area contributed by atoms with Crippen molar-refractivity contribution in [2.24, 2.45) is 5.10 Å². The normalized spacial score (nSPS) is 14.7. The molecule has 3 aromatic rings. The number of thiocarbonyl (C=S) groups is 1. The maximum Gasteiger partial charge on any atom is 0.277 e. The molecule has 2 amide bonds. The van der Waals surface area contributed by atoms with Crippen LogP contribution in [0.25, 0.3) is 6.08 Å². The number of carbonyl (C=O) groups excluding carboxylic acids is 2. The van der Waals surface area contributed by atoms with Gasteiger partial charge in [0, 0.05) is 5.69 Å². The fourth-order valence-electron chi connectivity index (χ4n) is 3.57. The molecule has 38 heavy (non-hydrogen) atoms. The van der Waals surface area contributed by atoms with Gasteiger partial charge in [-0.3, -0.25) is 14.5 Å². The van der Waals surface area contributed by atoms with Gasteiger partial charge in [-0.15, -0.1) is 0 Å². The van der Waals surface area contributed by atoms with Gasteiger partial charge in [0.2, 0.25) is 0 Å². The number of nitrogens with one attached hydrogen (secondary N) is 2. The van der Waals surface area contributed by atoms with Gasteiger partial charge >= 0.3 is 0 Å². The molecule has 1 aliphatic rings. The summed E-state index contributed by atoms with van der Waals surface area (Å²) >= 11 is 6.70. The van der Waals surface area contributed by atoms with Crippen LogP contribution in [0.5, 0.6) is 5.75 Å². The molecule has 3 aromatic carbocycles. The van der Waals surface area contributed by atoms with E-state index in [1.807, 2.05) is 81.4 Å². The Balaban J connectivity index is 1.28. The molecule has 194 valence electrons. The summed E-state index contributed by atoms with van der Waals surface area (Å²) in [7, 11) is 0. The summed E-state index contributed by atoms with van der Waals surface area (Å²) in [6.45, 7) is 5.99. The average Bonchev–Trinajstić information content (AvgIpc) is 3.18. The van der Waals surface area contributed by atoms with Gasteiger partial charge in [0.25, 0.3) is 11.8 Å². The van der Waals surface area contributed by atoms with E-state index in [9.17, 15) is 9.59 Å². The molecule has 0 atom stereocenters. The number of rotatable bonds is 9. The Morgan fingerprint density at radius 3 is 2.47 bits per heavy atom. The lowest BCUT2D eigenvalue weighted by Crippen LogP contribution is -2.33. The van der Waals surface area contributed by atoms with Gasteiger partial charge in [0.15, 0.2) is 6.61 Å². The van der Waals surface area contributed by atoms with E-state index in [1.165, 1.54) is 11.8 Å². The zero-order valence-electron chi connectivity index (χ0n) is 21.4. The number of ether oxygens (including phenoxy) is 1. The van der Waals surface area contributed by atoms with Crippen molar-refractivity contribution in [1.82, 2.24) is 10.3 Å². The zero-order valence-corrected chi connectivity index (χ0v) is 23.0. The quantitative estimate of drug-likeness (QED) is 0.160. The van der Waals surface area contributed by atoms with Crippen LogP contribution in [-0.2, 0) is 9.59 Å². The number of benzene rings is 3. The van der Waals surface area contributed by atoms with Crippen molar-refractivity contribution in [3.63, 3.8) is 0 Å². The third-order valence-electron chi connectivity index (χ3n) is 5.81. The highest BCUT2D eigenvalue weighted by molar-refractivity contribution is 8.26. The molecule has 0 unspecified atom stereocenters. The largest absolute Gasteiger partial charge is 0.484 e. The number of amides is 2. The number of carbonyl (C=O) groups is 2. The lowest BCUT2D eigenvalue weighted by Gasteiger charge is -2.17. The smallest absolute Gasteiger partial charge is 0.277 e. The number of hydrogen-bond donors (Lipinski definition) is 2. The summed E-state index contributed by atoms with van der Waals surface area (Å²) in [4.78, 5) is 27.2. The maximum atomic E-state index is 12.9. The van der Waals surface area contributed by atoms with Crippen LogP contribution >= 0.6 is 24.0 Å². The van der Waals surface area contributed by atoms with Crippen molar-refractivity contribution in [2.75, 3.05) is 18.6 Å². The third-order valence-corrected chi connectivity index (χ3v) is 7.19. The van der Waals surface area contributed by atoms with Crippen LogP contribution < -0.4 is 15.5 Å². The summed E-state index contributed by atoms with van der Waals surface area (Å²) in [5.41, 5.74) is 8.20. The van der Waals surface area contributed by atoms with Crippen LogP contribution in [-0.4, -0.2) is 40.0 Å². The molecule has 1 saturated heterocycles. The standard InChI is InChI=1S/C29H28N4O3S2/c1-19-8-12-23(13-9-19)21(3)31-32-27(34)17-36-24-14-10-22(11-15-24)16-26-28(35)33(29(37)38-26)18-30-25-7-5-4-6-20(25)2/h4-16,30H,17-18H2,1-3H3,(H,32,34)/b26-16+,31-21+. The molecule has 0 aliphatic carbocycles. The lowest BCUT2D eigenvalue weighted by molar-refractivity contribution is -0.123. The van der Waals surface area contributed by atoms with Gasteiger partial charge in [-0.1, -0.05) is 84.1 Å². The highest BCUT2D eigenvalue weighted by atomic mass is 32.2. The van der Waals surface area contributed by atoms with Gasteiger partial charge in [0.05, 0.1) is 17.3 Å².